The first-order valence-electron chi connectivity index (χ1n) is 9.93. The maximum atomic E-state index is 12.7. The third-order valence-corrected chi connectivity index (χ3v) is 5.29. The third-order valence-electron chi connectivity index (χ3n) is 5.29. The molecule has 0 aliphatic carbocycles. The van der Waals surface area contributed by atoms with Gasteiger partial charge in [-0.05, 0) is 24.3 Å². The van der Waals surface area contributed by atoms with Gasteiger partial charge in [0.1, 0.15) is 11.6 Å². The highest BCUT2D eigenvalue weighted by atomic mass is 16.5. The molecule has 2 aromatic rings. The number of nitrogens with one attached hydrogen (secondary N) is 1. The van der Waals surface area contributed by atoms with E-state index in [2.05, 4.69) is 41.7 Å². The minimum absolute atomic E-state index is 0.0685. The summed E-state index contributed by atoms with van der Waals surface area (Å²) >= 11 is 0. The molecule has 146 valence electrons. The molecule has 2 heterocycles. The minimum Gasteiger partial charge on any atom is -0.496 e. The number of rotatable bonds is 7. The van der Waals surface area contributed by atoms with E-state index in [1.807, 2.05) is 24.4 Å². The van der Waals surface area contributed by atoms with Crippen molar-refractivity contribution in [3.63, 3.8) is 0 Å². The second-order valence-corrected chi connectivity index (χ2v) is 8.05. The highest BCUT2D eigenvalue weighted by molar-refractivity contribution is 5.77. The number of para-hydroxylation sites is 1. The number of fused-ring (bicyclic) bond motifs is 1. The molecule has 0 spiro atoms. The van der Waals surface area contributed by atoms with Crippen LogP contribution in [0.1, 0.15) is 56.6 Å². The molecule has 2 unspecified atom stereocenters. The lowest BCUT2D eigenvalue weighted by atomic mass is 9.90. The molecule has 0 bridgehead atoms. The summed E-state index contributed by atoms with van der Waals surface area (Å²) in [7, 11) is 1.68. The van der Waals surface area contributed by atoms with E-state index in [-0.39, 0.29) is 11.8 Å². The summed E-state index contributed by atoms with van der Waals surface area (Å²) in [6, 6.07) is 8.00. The van der Waals surface area contributed by atoms with Gasteiger partial charge in [0, 0.05) is 49.3 Å². The molecule has 1 aliphatic rings. The number of carbonyl (C=O) groups is 1. The van der Waals surface area contributed by atoms with Crippen LogP contribution in [0.25, 0.3) is 0 Å². The van der Waals surface area contributed by atoms with Crippen LogP contribution in [0.5, 0.6) is 5.75 Å². The number of ether oxygens (including phenoxy) is 1. The SMILES string of the molecule is COc1ccccc1C(CC(=O)NCC(C)C)c1cnc2n1CC(C)CC2. The van der Waals surface area contributed by atoms with Gasteiger partial charge < -0.3 is 14.6 Å². The van der Waals surface area contributed by atoms with Crippen molar-refractivity contribution in [2.75, 3.05) is 13.7 Å². The van der Waals surface area contributed by atoms with Crippen LogP contribution in [0.3, 0.4) is 0 Å². The Morgan fingerprint density at radius 1 is 1.37 bits per heavy atom. The van der Waals surface area contributed by atoms with Gasteiger partial charge in [0.25, 0.3) is 0 Å². The van der Waals surface area contributed by atoms with Crippen LogP contribution >= 0.6 is 0 Å². The molecule has 1 N–H and O–H groups in total. The Morgan fingerprint density at radius 2 is 2.15 bits per heavy atom. The van der Waals surface area contributed by atoms with Crippen LogP contribution in [-0.4, -0.2) is 29.1 Å². The van der Waals surface area contributed by atoms with E-state index < -0.39 is 0 Å². The summed E-state index contributed by atoms with van der Waals surface area (Å²) < 4.78 is 7.93. The van der Waals surface area contributed by atoms with E-state index in [1.54, 1.807) is 7.11 Å². The number of hydrogen-bond donors (Lipinski definition) is 1. The second kappa shape index (κ2) is 8.59. The molecule has 27 heavy (non-hydrogen) atoms. The summed E-state index contributed by atoms with van der Waals surface area (Å²) in [5.74, 6) is 3.00. The summed E-state index contributed by atoms with van der Waals surface area (Å²) in [6.07, 6.45) is 4.52. The van der Waals surface area contributed by atoms with E-state index in [0.717, 1.165) is 35.8 Å². The van der Waals surface area contributed by atoms with Crippen LogP contribution < -0.4 is 10.1 Å². The molecule has 1 aliphatic heterocycles. The van der Waals surface area contributed by atoms with Crippen LogP contribution in [0.15, 0.2) is 30.5 Å². The van der Waals surface area contributed by atoms with Crippen molar-refractivity contribution in [2.24, 2.45) is 11.8 Å². The first kappa shape index (κ1) is 19.5. The number of aryl methyl sites for hydroxylation is 1. The molecule has 5 nitrogen and oxygen atoms in total. The fraction of sp³-hybridized carbons (Fsp3) is 0.545. The smallest absolute Gasteiger partial charge is 0.221 e. The van der Waals surface area contributed by atoms with Gasteiger partial charge in [0.15, 0.2) is 0 Å². The average Bonchev–Trinajstić information content (AvgIpc) is 3.07. The molecule has 2 atom stereocenters. The van der Waals surface area contributed by atoms with E-state index in [0.29, 0.717) is 24.8 Å². The Hall–Kier alpha value is -2.30. The molecular weight excluding hydrogens is 338 g/mol. The zero-order chi connectivity index (χ0) is 19.4. The quantitative estimate of drug-likeness (QED) is 0.808. The van der Waals surface area contributed by atoms with Gasteiger partial charge in [-0.15, -0.1) is 0 Å². The molecule has 3 rings (SSSR count). The third kappa shape index (κ3) is 4.52. The number of hydrogen-bond acceptors (Lipinski definition) is 3. The van der Waals surface area contributed by atoms with Crippen molar-refractivity contribution in [1.29, 1.82) is 0 Å². The predicted octanol–water partition coefficient (Wildman–Crippen LogP) is 3.77. The van der Waals surface area contributed by atoms with Crippen LogP contribution in [-0.2, 0) is 17.8 Å². The first-order valence-corrected chi connectivity index (χ1v) is 9.93. The topological polar surface area (TPSA) is 56.1 Å². The van der Waals surface area contributed by atoms with Gasteiger partial charge in [-0.1, -0.05) is 39.0 Å². The lowest BCUT2D eigenvalue weighted by Crippen LogP contribution is -2.30. The van der Waals surface area contributed by atoms with Gasteiger partial charge in [-0.3, -0.25) is 4.79 Å². The summed E-state index contributed by atoms with van der Waals surface area (Å²) in [5, 5.41) is 3.06. The standard InChI is InChI=1S/C22H31N3O2/c1-15(2)12-24-22(26)11-18(17-7-5-6-8-20(17)27-4)19-13-23-21-10-9-16(3)14-25(19)21/h5-8,13,15-16,18H,9-12,14H2,1-4H3,(H,24,26). The number of benzene rings is 1. The maximum absolute atomic E-state index is 12.7. The van der Waals surface area contributed by atoms with Crippen molar-refractivity contribution in [2.45, 2.75) is 52.5 Å². The van der Waals surface area contributed by atoms with Crippen molar-refractivity contribution >= 4 is 5.91 Å². The van der Waals surface area contributed by atoms with Gasteiger partial charge in [-0.25, -0.2) is 4.98 Å². The van der Waals surface area contributed by atoms with Gasteiger partial charge >= 0.3 is 0 Å². The zero-order valence-corrected chi connectivity index (χ0v) is 16.9. The molecule has 0 saturated heterocycles. The molecule has 5 heteroatoms. The highest BCUT2D eigenvalue weighted by Gasteiger charge is 2.28. The molecule has 1 aromatic carbocycles. The van der Waals surface area contributed by atoms with E-state index in [1.165, 1.54) is 6.42 Å². The van der Waals surface area contributed by atoms with Crippen molar-refractivity contribution in [1.82, 2.24) is 14.9 Å². The molecule has 1 amide bonds. The van der Waals surface area contributed by atoms with Crippen molar-refractivity contribution in [3.05, 3.63) is 47.5 Å². The number of imidazole rings is 1. The van der Waals surface area contributed by atoms with Crippen LogP contribution in [0, 0.1) is 11.8 Å². The number of amides is 1. The Labute approximate surface area is 162 Å². The summed E-state index contributed by atoms with van der Waals surface area (Å²) in [4.78, 5) is 17.3. The molecule has 0 fully saturated rings. The lowest BCUT2D eigenvalue weighted by Gasteiger charge is -2.26. The van der Waals surface area contributed by atoms with Crippen molar-refractivity contribution in [3.8, 4) is 5.75 Å². The Balaban J connectivity index is 1.96. The number of carbonyl (C=O) groups excluding carboxylic acids is 1. The van der Waals surface area contributed by atoms with Gasteiger partial charge in [0.2, 0.25) is 5.91 Å². The first-order chi connectivity index (χ1) is 13.0. The molecule has 0 saturated carbocycles. The normalized spacial score (nSPS) is 17.4. The van der Waals surface area contributed by atoms with E-state index in [9.17, 15) is 4.79 Å². The van der Waals surface area contributed by atoms with Crippen molar-refractivity contribution < 1.29 is 9.53 Å². The minimum atomic E-state index is -0.0696. The zero-order valence-electron chi connectivity index (χ0n) is 16.9. The maximum Gasteiger partial charge on any atom is 0.221 e. The monoisotopic (exact) mass is 369 g/mol. The molecular formula is C22H31N3O2. The Bertz CT molecular complexity index is 782. The number of aromatic nitrogens is 2. The van der Waals surface area contributed by atoms with Gasteiger partial charge in [0.05, 0.1) is 7.11 Å². The number of nitrogens with zero attached hydrogens (tertiary/aromatic N) is 2. The van der Waals surface area contributed by atoms with Gasteiger partial charge in [-0.2, -0.15) is 0 Å². The summed E-state index contributed by atoms with van der Waals surface area (Å²) in [6.45, 7) is 8.14. The van der Waals surface area contributed by atoms with Crippen LogP contribution in [0.2, 0.25) is 0 Å². The summed E-state index contributed by atoms with van der Waals surface area (Å²) in [5.41, 5.74) is 2.15. The Morgan fingerprint density at radius 3 is 2.89 bits per heavy atom. The average molecular weight is 370 g/mol. The highest BCUT2D eigenvalue weighted by Crippen LogP contribution is 2.36. The lowest BCUT2D eigenvalue weighted by molar-refractivity contribution is -0.121. The predicted molar refractivity (Wildman–Crippen MR) is 107 cm³/mol. The molecule has 0 radical (unpaired) electrons. The fourth-order valence-corrected chi connectivity index (χ4v) is 3.80. The fourth-order valence-electron chi connectivity index (χ4n) is 3.80. The Kier molecular flexibility index (Phi) is 6.19. The molecule has 1 aromatic heterocycles. The number of methoxy groups -OCH3 is 1. The van der Waals surface area contributed by atoms with E-state index in [4.69, 9.17) is 4.74 Å². The largest absolute Gasteiger partial charge is 0.496 e. The second-order valence-electron chi connectivity index (χ2n) is 8.05. The van der Waals surface area contributed by atoms with Crippen LogP contribution in [0.4, 0.5) is 0 Å². The van der Waals surface area contributed by atoms with E-state index >= 15 is 0 Å².